The molecule has 2 rings (SSSR count). The van der Waals surface area contributed by atoms with Crippen molar-refractivity contribution in [1.29, 1.82) is 0 Å². The summed E-state index contributed by atoms with van der Waals surface area (Å²) < 4.78 is 10.9. The third kappa shape index (κ3) is 2.60. The molecule has 0 unspecified atom stereocenters. The molecule has 0 radical (unpaired) electrons. The average Bonchev–Trinajstić information content (AvgIpc) is 2.81. The van der Waals surface area contributed by atoms with Crippen LogP contribution in [0.15, 0.2) is 33.3 Å². The summed E-state index contributed by atoms with van der Waals surface area (Å²) in [5.74, 6) is -0.697. The molecule has 0 saturated carbocycles. The van der Waals surface area contributed by atoms with Crippen molar-refractivity contribution in [2.75, 3.05) is 7.11 Å². The standard InChI is InChI=1S/C12H10BrNO4/c1-17-6-8-3-2-7(4-9(8)13)11-5-10(12(15)16)14-18-11/h2-5H,6H2,1H3,(H,15,16). The summed E-state index contributed by atoms with van der Waals surface area (Å²) >= 11 is 3.42. The molecule has 0 amide bonds. The van der Waals surface area contributed by atoms with E-state index < -0.39 is 5.97 Å². The van der Waals surface area contributed by atoms with Crippen molar-refractivity contribution in [3.05, 3.63) is 40.0 Å². The first-order chi connectivity index (χ1) is 8.61. The highest BCUT2D eigenvalue weighted by Crippen LogP contribution is 2.27. The van der Waals surface area contributed by atoms with Crippen LogP contribution in [0.5, 0.6) is 0 Å². The highest BCUT2D eigenvalue weighted by molar-refractivity contribution is 9.10. The van der Waals surface area contributed by atoms with Crippen LogP contribution in [0.1, 0.15) is 16.1 Å². The van der Waals surface area contributed by atoms with Gasteiger partial charge in [-0.3, -0.25) is 0 Å². The number of methoxy groups -OCH3 is 1. The number of benzene rings is 1. The minimum absolute atomic E-state index is 0.109. The fourth-order valence-electron chi connectivity index (χ4n) is 1.49. The highest BCUT2D eigenvalue weighted by atomic mass is 79.9. The van der Waals surface area contributed by atoms with E-state index in [1.807, 2.05) is 18.2 Å². The fourth-order valence-corrected chi connectivity index (χ4v) is 1.98. The summed E-state index contributed by atoms with van der Waals surface area (Å²) in [6.45, 7) is 0.498. The van der Waals surface area contributed by atoms with Gasteiger partial charge in [-0.15, -0.1) is 0 Å². The number of carboxylic acid groups (broad SMARTS) is 1. The van der Waals surface area contributed by atoms with Crippen LogP contribution in [-0.2, 0) is 11.3 Å². The van der Waals surface area contributed by atoms with Crippen molar-refractivity contribution >= 4 is 21.9 Å². The lowest BCUT2D eigenvalue weighted by Crippen LogP contribution is -1.94. The summed E-state index contributed by atoms with van der Waals surface area (Å²) in [5, 5.41) is 12.2. The largest absolute Gasteiger partial charge is 0.476 e. The van der Waals surface area contributed by atoms with Gasteiger partial charge in [-0.05, 0) is 11.6 Å². The van der Waals surface area contributed by atoms with Gasteiger partial charge in [0.2, 0.25) is 0 Å². The number of ether oxygens (including phenoxy) is 1. The lowest BCUT2D eigenvalue weighted by molar-refractivity contribution is 0.0686. The number of rotatable bonds is 4. The number of carboxylic acids is 1. The second-order valence-electron chi connectivity index (χ2n) is 3.62. The predicted octanol–water partition coefficient (Wildman–Crippen LogP) is 2.95. The Morgan fingerprint density at radius 2 is 2.28 bits per heavy atom. The molecule has 1 aromatic heterocycles. The van der Waals surface area contributed by atoms with Crippen LogP contribution in [-0.4, -0.2) is 23.3 Å². The lowest BCUT2D eigenvalue weighted by Gasteiger charge is -2.04. The molecule has 0 aliphatic rings. The van der Waals surface area contributed by atoms with Crippen LogP contribution in [0, 0.1) is 0 Å². The van der Waals surface area contributed by atoms with Gasteiger partial charge in [0.25, 0.3) is 0 Å². The van der Waals surface area contributed by atoms with Gasteiger partial charge >= 0.3 is 5.97 Å². The zero-order valence-electron chi connectivity index (χ0n) is 9.51. The number of aromatic nitrogens is 1. The molecule has 5 nitrogen and oxygen atoms in total. The summed E-state index contributed by atoms with van der Waals surface area (Å²) in [5.41, 5.74) is 1.64. The number of hydrogen-bond acceptors (Lipinski definition) is 4. The van der Waals surface area contributed by atoms with Crippen LogP contribution >= 0.6 is 15.9 Å². The van der Waals surface area contributed by atoms with E-state index in [0.717, 1.165) is 15.6 Å². The molecule has 0 atom stereocenters. The Labute approximate surface area is 111 Å². The second-order valence-corrected chi connectivity index (χ2v) is 4.48. The normalized spacial score (nSPS) is 10.6. The van der Waals surface area contributed by atoms with Crippen molar-refractivity contribution in [2.24, 2.45) is 0 Å². The van der Waals surface area contributed by atoms with Gasteiger partial charge < -0.3 is 14.4 Å². The van der Waals surface area contributed by atoms with Crippen LogP contribution in [0.4, 0.5) is 0 Å². The quantitative estimate of drug-likeness (QED) is 0.939. The minimum Gasteiger partial charge on any atom is -0.476 e. The van der Waals surface area contributed by atoms with E-state index >= 15 is 0 Å². The first-order valence-electron chi connectivity index (χ1n) is 5.09. The zero-order chi connectivity index (χ0) is 13.1. The number of aromatic carboxylic acids is 1. The maximum atomic E-state index is 10.7. The molecule has 0 spiro atoms. The summed E-state index contributed by atoms with van der Waals surface area (Å²) in [6, 6.07) is 6.93. The van der Waals surface area contributed by atoms with Gasteiger partial charge in [0.15, 0.2) is 11.5 Å². The summed E-state index contributed by atoms with van der Waals surface area (Å²) in [4.78, 5) is 10.7. The van der Waals surface area contributed by atoms with Crippen LogP contribution < -0.4 is 0 Å². The highest BCUT2D eigenvalue weighted by Gasteiger charge is 2.13. The Bertz CT molecular complexity index is 579. The summed E-state index contributed by atoms with van der Waals surface area (Å²) in [6.07, 6.45) is 0. The first-order valence-corrected chi connectivity index (χ1v) is 5.89. The van der Waals surface area contributed by atoms with E-state index in [4.69, 9.17) is 14.4 Å². The Hall–Kier alpha value is -1.66. The number of halogens is 1. The lowest BCUT2D eigenvalue weighted by atomic mass is 10.1. The Morgan fingerprint density at radius 3 is 2.83 bits per heavy atom. The Morgan fingerprint density at radius 1 is 1.50 bits per heavy atom. The van der Waals surface area contributed by atoms with E-state index in [2.05, 4.69) is 21.1 Å². The molecular formula is C12H10BrNO4. The van der Waals surface area contributed by atoms with Gasteiger partial charge in [0.05, 0.1) is 6.61 Å². The van der Waals surface area contributed by atoms with Crippen molar-refractivity contribution < 1.29 is 19.2 Å². The van der Waals surface area contributed by atoms with Gasteiger partial charge in [0, 0.05) is 23.2 Å². The second kappa shape index (κ2) is 5.32. The van der Waals surface area contributed by atoms with Gasteiger partial charge in [0.1, 0.15) is 0 Å². The molecule has 0 aliphatic carbocycles. The third-order valence-corrected chi connectivity index (χ3v) is 3.10. The number of hydrogen-bond donors (Lipinski definition) is 1. The molecule has 94 valence electrons. The maximum absolute atomic E-state index is 10.7. The summed E-state index contributed by atoms with van der Waals surface area (Å²) in [7, 11) is 1.62. The van der Waals surface area contributed by atoms with Crippen molar-refractivity contribution in [3.63, 3.8) is 0 Å². The fraction of sp³-hybridized carbons (Fsp3) is 0.167. The van der Waals surface area contributed by atoms with E-state index in [0.29, 0.717) is 12.4 Å². The van der Waals surface area contributed by atoms with E-state index in [9.17, 15) is 4.79 Å². The van der Waals surface area contributed by atoms with Crippen molar-refractivity contribution in [2.45, 2.75) is 6.61 Å². The molecule has 1 N–H and O–H groups in total. The SMILES string of the molecule is COCc1ccc(-c2cc(C(=O)O)no2)cc1Br. The molecule has 0 aliphatic heterocycles. The van der Waals surface area contributed by atoms with E-state index in [1.165, 1.54) is 6.07 Å². The molecule has 6 heteroatoms. The van der Waals surface area contributed by atoms with Gasteiger partial charge in [-0.25, -0.2) is 4.79 Å². The molecule has 0 saturated heterocycles. The minimum atomic E-state index is -1.11. The smallest absolute Gasteiger partial charge is 0.358 e. The molecule has 1 aromatic carbocycles. The molecule has 0 fully saturated rings. The maximum Gasteiger partial charge on any atom is 0.358 e. The monoisotopic (exact) mass is 311 g/mol. The predicted molar refractivity (Wildman–Crippen MR) is 67.3 cm³/mol. The average molecular weight is 312 g/mol. The first kappa shape index (κ1) is 12.8. The van der Waals surface area contributed by atoms with Crippen LogP contribution in [0.3, 0.4) is 0 Å². The molecule has 2 aromatic rings. The van der Waals surface area contributed by atoms with Crippen LogP contribution in [0.2, 0.25) is 0 Å². The molecule has 0 bridgehead atoms. The molecule has 1 heterocycles. The Kier molecular flexibility index (Phi) is 3.78. The third-order valence-electron chi connectivity index (χ3n) is 2.37. The Balaban J connectivity index is 2.33. The van der Waals surface area contributed by atoms with Gasteiger partial charge in [-0.1, -0.05) is 33.2 Å². The topological polar surface area (TPSA) is 72.6 Å². The zero-order valence-corrected chi connectivity index (χ0v) is 11.1. The van der Waals surface area contributed by atoms with Crippen LogP contribution in [0.25, 0.3) is 11.3 Å². The molecule has 18 heavy (non-hydrogen) atoms. The number of carbonyl (C=O) groups is 1. The van der Waals surface area contributed by atoms with Crippen molar-refractivity contribution in [3.8, 4) is 11.3 Å². The van der Waals surface area contributed by atoms with E-state index in [1.54, 1.807) is 7.11 Å². The van der Waals surface area contributed by atoms with Crippen molar-refractivity contribution in [1.82, 2.24) is 5.16 Å². The van der Waals surface area contributed by atoms with E-state index in [-0.39, 0.29) is 5.69 Å². The number of nitrogens with zero attached hydrogens (tertiary/aromatic N) is 1. The molecular weight excluding hydrogens is 302 g/mol. The van der Waals surface area contributed by atoms with Gasteiger partial charge in [-0.2, -0.15) is 0 Å².